The fourth-order valence-corrected chi connectivity index (χ4v) is 1.42. The van der Waals surface area contributed by atoms with Gasteiger partial charge in [-0.25, -0.2) is 4.98 Å². The highest BCUT2D eigenvalue weighted by molar-refractivity contribution is 9.10. The van der Waals surface area contributed by atoms with Crippen molar-refractivity contribution < 1.29 is 4.74 Å². The van der Waals surface area contributed by atoms with Crippen LogP contribution in [0.3, 0.4) is 0 Å². The number of halogens is 1. The molecule has 1 aromatic rings. The molecule has 0 amide bonds. The molecule has 0 bridgehead atoms. The minimum atomic E-state index is -0.0603. The number of ether oxygens (including phenoxy) is 1. The first-order valence-electron chi connectivity index (χ1n) is 4.85. The molecule has 0 atom stereocenters. The molecule has 0 fully saturated rings. The average molecular weight is 275 g/mol. The van der Waals surface area contributed by atoms with Crippen LogP contribution in [-0.2, 0) is 11.3 Å². The van der Waals surface area contributed by atoms with Gasteiger partial charge in [0.05, 0.1) is 31.3 Å². The van der Waals surface area contributed by atoms with Crippen LogP contribution in [0.25, 0.3) is 0 Å². The Kier molecular flexibility index (Phi) is 4.47. The molecule has 4 nitrogen and oxygen atoms in total. The second kappa shape index (κ2) is 5.42. The summed E-state index contributed by atoms with van der Waals surface area (Å²) in [6, 6.07) is 0. The predicted octanol–water partition coefficient (Wildman–Crippen LogP) is 1.74. The number of rotatable bonds is 4. The summed E-state index contributed by atoms with van der Waals surface area (Å²) >= 11 is 3.21. The van der Waals surface area contributed by atoms with Crippen molar-refractivity contribution in [2.24, 2.45) is 0 Å². The van der Waals surface area contributed by atoms with Crippen LogP contribution >= 0.6 is 15.9 Å². The Labute approximate surface area is 97.4 Å². The molecule has 0 spiro atoms. The summed E-state index contributed by atoms with van der Waals surface area (Å²) in [5.74, 6) is 0. The van der Waals surface area contributed by atoms with Crippen LogP contribution in [0.1, 0.15) is 19.5 Å². The first kappa shape index (κ1) is 12.4. The van der Waals surface area contributed by atoms with Crippen molar-refractivity contribution in [2.45, 2.75) is 33.4 Å². The summed E-state index contributed by atoms with van der Waals surface area (Å²) in [4.78, 5) is 15.8. The Hall–Kier alpha value is -0.680. The van der Waals surface area contributed by atoms with Crippen molar-refractivity contribution in [3.63, 3.8) is 0 Å². The van der Waals surface area contributed by atoms with E-state index in [4.69, 9.17) is 4.74 Å². The van der Waals surface area contributed by atoms with E-state index in [1.807, 2.05) is 13.8 Å². The molecule has 0 aliphatic rings. The van der Waals surface area contributed by atoms with Gasteiger partial charge in [-0.1, -0.05) is 0 Å². The maximum atomic E-state index is 11.7. The van der Waals surface area contributed by atoms with Crippen LogP contribution in [0.4, 0.5) is 0 Å². The lowest BCUT2D eigenvalue weighted by atomic mass is 10.4. The van der Waals surface area contributed by atoms with Crippen molar-refractivity contribution in [1.29, 1.82) is 0 Å². The first-order chi connectivity index (χ1) is 7.02. The summed E-state index contributed by atoms with van der Waals surface area (Å²) in [6.07, 6.45) is 1.73. The summed E-state index contributed by atoms with van der Waals surface area (Å²) in [7, 11) is 0. The monoisotopic (exact) mass is 274 g/mol. The lowest BCUT2D eigenvalue weighted by Gasteiger charge is -2.09. The van der Waals surface area contributed by atoms with Gasteiger partial charge in [0.2, 0.25) is 0 Å². The largest absolute Gasteiger partial charge is 0.377 e. The van der Waals surface area contributed by atoms with Gasteiger partial charge in [0.1, 0.15) is 4.47 Å². The molecule has 15 heavy (non-hydrogen) atoms. The second-order valence-electron chi connectivity index (χ2n) is 3.56. The summed E-state index contributed by atoms with van der Waals surface area (Å²) in [6.45, 7) is 6.77. The van der Waals surface area contributed by atoms with E-state index in [-0.39, 0.29) is 11.7 Å². The highest BCUT2D eigenvalue weighted by atomic mass is 79.9. The van der Waals surface area contributed by atoms with Gasteiger partial charge < -0.3 is 4.74 Å². The molecule has 0 aliphatic heterocycles. The van der Waals surface area contributed by atoms with E-state index in [1.54, 1.807) is 17.8 Å². The number of hydrogen-bond donors (Lipinski definition) is 0. The zero-order chi connectivity index (χ0) is 11.4. The maximum Gasteiger partial charge on any atom is 0.267 e. The highest BCUT2D eigenvalue weighted by Crippen LogP contribution is 2.05. The Bertz CT molecular complexity index is 387. The van der Waals surface area contributed by atoms with E-state index in [1.165, 1.54) is 0 Å². The van der Waals surface area contributed by atoms with Crippen LogP contribution < -0.4 is 5.56 Å². The van der Waals surface area contributed by atoms with Crippen molar-refractivity contribution in [1.82, 2.24) is 9.55 Å². The Morgan fingerprint density at radius 3 is 2.87 bits per heavy atom. The topological polar surface area (TPSA) is 44.1 Å². The van der Waals surface area contributed by atoms with E-state index in [9.17, 15) is 4.79 Å². The van der Waals surface area contributed by atoms with Crippen LogP contribution in [0.2, 0.25) is 0 Å². The molecule has 0 saturated carbocycles. The zero-order valence-corrected chi connectivity index (χ0v) is 10.7. The SMILES string of the molecule is Cc1ncn(CCOC(C)C)c(=O)c1Br. The zero-order valence-electron chi connectivity index (χ0n) is 9.16. The molecule has 1 heterocycles. The molecule has 5 heteroatoms. The molecule has 0 aromatic carbocycles. The van der Waals surface area contributed by atoms with Gasteiger partial charge in [0.25, 0.3) is 5.56 Å². The lowest BCUT2D eigenvalue weighted by molar-refractivity contribution is 0.0720. The van der Waals surface area contributed by atoms with Gasteiger partial charge in [0.15, 0.2) is 0 Å². The van der Waals surface area contributed by atoms with Crippen LogP contribution in [-0.4, -0.2) is 22.3 Å². The molecular weight excluding hydrogens is 260 g/mol. The van der Waals surface area contributed by atoms with E-state index >= 15 is 0 Å². The third-order valence-corrected chi connectivity index (χ3v) is 2.85. The Balaban J connectivity index is 2.71. The highest BCUT2D eigenvalue weighted by Gasteiger charge is 2.05. The fraction of sp³-hybridized carbons (Fsp3) is 0.600. The number of aryl methyl sites for hydroxylation is 1. The molecule has 0 N–H and O–H groups in total. The molecule has 0 unspecified atom stereocenters. The van der Waals surface area contributed by atoms with Crippen LogP contribution in [0, 0.1) is 6.92 Å². The fourth-order valence-electron chi connectivity index (χ4n) is 1.09. The van der Waals surface area contributed by atoms with Gasteiger partial charge in [-0.2, -0.15) is 0 Å². The van der Waals surface area contributed by atoms with E-state index in [0.717, 1.165) is 0 Å². The van der Waals surface area contributed by atoms with Crippen molar-refractivity contribution in [2.75, 3.05) is 6.61 Å². The normalized spacial score (nSPS) is 11.0. The molecule has 0 saturated heterocycles. The minimum Gasteiger partial charge on any atom is -0.377 e. The third-order valence-electron chi connectivity index (χ3n) is 1.94. The molecule has 0 aliphatic carbocycles. The lowest BCUT2D eigenvalue weighted by Crippen LogP contribution is -2.24. The maximum absolute atomic E-state index is 11.7. The smallest absolute Gasteiger partial charge is 0.267 e. The van der Waals surface area contributed by atoms with E-state index in [2.05, 4.69) is 20.9 Å². The third kappa shape index (κ3) is 3.43. The van der Waals surface area contributed by atoms with Crippen molar-refractivity contribution in [3.8, 4) is 0 Å². The molecule has 1 rings (SSSR count). The summed E-state index contributed by atoms with van der Waals surface area (Å²) in [5, 5.41) is 0. The molecule has 84 valence electrons. The van der Waals surface area contributed by atoms with E-state index in [0.29, 0.717) is 23.3 Å². The standard InChI is InChI=1S/C10H15BrN2O2/c1-7(2)15-5-4-13-6-12-8(3)9(11)10(13)14/h6-7H,4-5H2,1-3H3. The van der Waals surface area contributed by atoms with Crippen LogP contribution in [0.5, 0.6) is 0 Å². The molecular formula is C10H15BrN2O2. The number of nitrogens with zero attached hydrogens (tertiary/aromatic N) is 2. The predicted molar refractivity (Wildman–Crippen MR) is 62.0 cm³/mol. The van der Waals surface area contributed by atoms with Crippen molar-refractivity contribution in [3.05, 3.63) is 26.8 Å². The quantitative estimate of drug-likeness (QED) is 0.840. The van der Waals surface area contributed by atoms with Crippen LogP contribution in [0.15, 0.2) is 15.6 Å². The van der Waals surface area contributed by atoms with E-state index < -0.39 is 0 Å². The summed E-state index contributed by atoms with van der Waals surface area (Å²) in [5.41, 5.74) is 0.649. The average Bonchev–Trinajstić information content (AvgIpc) is 2.18. The Morgan fingerprint density at radius 1 is 1.60 bits per heavy atom. The first-order valence-corrected chi connectivity index (χ1v) is 5.65. The van der Waals surface area contributed by atoms with Gasteiger partial charge in [-0.15, -0.1) is 0 Å². The van der Waals surface area contributed by atoms with Gasteiger partial charge in [0, 0.05) is 0 Å². The number of aromatic nitrogens is 2. The van der Waals surface area contributed by atoms with Gasteiger partial charge >= 0.3 is 0 Å². The second-order valence-corrected chi connectivity index (χ2v) is 4.36. The number of hydrogen-bond acceptors (Lipinski definition) is 3. The Morgan fingerprint density at radius 2 is 2.27 bits per heavy atom. The van der Waals surface area contributed by atoms with Gasteiger partial charge in [-0.05, 0) is 36.7 Å². The molecule has 0 radical (unpaired) electrons. The molecule has 1 aromatic heterocycles. The minimum absolute atomic E-state index is 0.0603. The van der Waals surface area contributed by atoms with Gasteiger partial charge in [-0.3, -0.25) is 9.36 Å². The van der Waals surface area contributed by atoms with Crippen molar-refractivity contribution >= 4 is 15.9 Å². The summed E-state index contributed by atoms with van der Waals surface area (Å²) < 4.78 is 7.43.